The Kier molecular flexibility index (Phi) is 7.01. The normalized spacial score (nSPS) is 17.7. The fourth-order valence-corrected chi connectivity index (χ4v) is 3.61. The molecule has 1 heterocycles. The van der Waals surface area contributed by atoms with E-state index in [-0.39, 0.29) is 11.7 Å². The highest BCUT2D eigenvalue weighted by Gasteiger charge is 2.24. The summed E-state index contributed by atoms with van der Waals surface area (Å²) in [6.07, 6.45) is 3.21. The minimum absolute atomic E-state index is 0.301. The Labute approximate surface area is 168 Å². The molecule has 5 nitrogen and oxygen atoms in total. The SMILES string of the molecule is O=C(O)C1CCCN(CCON=Cc2ccccc2-c2ccc(F)cc2Cl)C1. The van der Waals surface area contributed by atoms with Gasteiger partial charge in [-0.25, -0.2) is 4.39 Å². The smallest absolute Gasteiger partial charge is 0.307 e. The maximum Gasteiger partial charge on any atom is 0.307 e. The zero-order valence-corrected chi connectivity index (χ0v) is 16.1. The highest BCUT2D eigenvalue weighted by atomic mass is 35.5. The third-order valence-electron chi connectivity index (χ3n) is 4.80. The summed E-state index contributed by atoms with van der Waals surface area (Å²) in [7, 11) is 0. The van der Waals surface area contributed by atoms with Gasteiger partial charge in [-0.15, -0.1) is 0 Å². The number of aliphatic carboxylic acids is 1. The molecule has 0 saturated carbocycles. The topological polar surface area (TPSA) is 62.1 Å². The lowest BCUT2D eigenvalue weighted by Crippen LogP contribution is -2.40. The first-order valence-electron chi connectivity index (χ1n) is 9.19. The van der Waals surface area contributed by atoms with Crippen molar-refractivity contribution in [1.29, 1.82) is 0 Å². The Balaban J connectivity index is 1.57. The average molecular weight is 405 g/mol. The van der Waals surface area contributed by atoms with Gasteiger partial charge in [0.25, 0.3) is 0 Å². The van der Waals surface area contributed by atoms with E-state index in [1.807, 2.05) is 24.3 Å². The molecular weight excluding hydrogens is 383 g/mol. The molecule has 3 rings (SSSR count). The summed E-state index contributed by atoms with van der Waals surface area (Å²) in [5.74, 6) is -1.42. The Morgan fingerprint density at radius 2 is 2.14 bits per heavy atom. The van der Waals surface area contributed by atoms with Gasteiger partial charge in [0.1, 0.15) is 12.4 Å². The van der Waals surface area contributed by atoms with Gasteiger partial charge in [0.15, 0.2) is 0 Å². The summed E-state index contributed by atoms with van der Waals surface area (Å²) in [5, 5.41) is 13.5. The van der Waals surface area contributed by atoms with Crippen molar-refractivity contribution in [3.8, 4) is 11.1 Å². The molecule has 28 heavy (non-hydrogen) atoms. The predicted octanol–water partition coefficient (Wildman–Crippen LogP) is 4.29. The van der Waals surface area contributed by atoms with E-state index in [0.29, 0.717) is 24.7 Å². The van der Waals surface area contributed by atoms with Crippen LogP contribution in [-0.4, -0.2) is 48.4 Å². The molecule has 2 aromatic rings. The predicted molar refractivity (Wildman–Crippen MR) is 107 cm³/mol. The monoisotopic (exact) mass is 404 g/mol. The first-order valence-corrected chi connectivity index (χ1v) is 9.57. The highest BCUT2D eigenvalue weighted by molar-refractivity contribution is 6.33. The van der Waals surface area contributed by atoms with E-state index in [4.69, 9.17) is 21.5 Å². The number of halogens is 2. The maximum atomic E-state index is 13.3. The van der Waals surface area contributed by atoms with Crippen LogP contribution in [0.2, 0.25) is 5.02 Å². The molecule has 148 valence electrons. The van der Waals surface area contributed by atoms with Crippen molar-refractivity contribution in [2.75, 3.05) is 26.2 Å². The van der Waals surface area contributed by atoms with Crippen molar-refractivity contribution >= 4 is 23.8 Å². The molecule has 2 aromatic carbocycles. The number of hydrogen-bond acceptors (Lipinski definition) is 4. The van der Waals surface area contributed by atoms with Gasteiger partial charge in [-0.2, -0.15) is 0 Å². The number of likely N-dealkylation sites (tertiary alicyclic amines) is 1. The van der Waals surface area contributed by atoms with Crippen molar-refractivity contribution in [3.05, 3.63) is 58.9 Å². The lowest BCUT2D eigenvalue weighted by Gasteiger charge is -2.29. The Hall–Kier alpha value is -2.44. The quantitative estimate of drug-likeness (QED) is 0.424. The van der Waals surface area contributed by atoms with Gasteiger partial charge in [0.05, 0.1) is 17.2 Å². The summed E-state index contributed by atoms with van der Waals surface area (Å²) in [6.45, 7) is 2.44. The molecule has 0 amide bonds. The number of hydrogen-bond donors (Lipinski definition) is 1. The Morgan fingerprint density at radius 1 is 1.32 bits per heavy atom. The van der Waals surface area contributed by atoms with E-state index in [2.05, 4.69) is 10.1 Å². The minimum Gasteiger partial charge on any atom is -0.481 e. The highest BCUT2D eigenvalue weighted by Crippen LogP contribution is 2.30. The van der Waals surface area contributed by atoms with Crippen LogP contribution in [0.4, 0.5) is 4.39 Å². The van der Waals surface area contributed by atoms with Gasteiger partial charge < -0.3 is 9.94 Å². The molecule has 0 radical (unpaired) electrons. The second-order valence-electron chi connectivity index (χ2n) is 6.76. The molecule has 0 aliphatic carbocycles. The summed E-state index contributed by atoms with van der Waals surface area (Å²) < 4.78 is 13.3. The first-order chi connectivity index (χ1) is 13.5. The van der Waals surface area contributed by atoms with E-state index in [0.717, 1.165) is 36.1 Å². The number of piperidine rings is 1. The van der Waals surface area contributed by atoms with Crippen LogP contribution >= 0.6 is 11.6 Å². The van der Waals surface area contributed by atoms with Crippen LogP contribution in [0, 0.1) is 11.7 Å². The molecule has 1 aliphatic heterocycles. The number of nitrogens with zero attached hydrogens (tertiary/aromatic N) is 2. The minimum atomic E-state index is -0.736. The van der Waals surface area contributed by atoms with Gasteiger partial charge in [0, 0.05) is 24.2 Å². The van der Waals surface area contributed by atoms with E-state index < -0.39 is 5.97 Å². The van der Waals surface area contributed by atoms with E-state index in [9.17, 15) is 9.18 Å². The zero-order valence-electron chi connectivity index (χ0n) is 15.4. The van der Waals surface area contributed by atoms with Gasteiger partial charge in [0.2, 0.25) is 0 Å². The summed E-state index contributed by atoms with van der Waals surface area (Å²) in [5.41, 5.74) is 2.36. The first kappa shape index (κ1) is 20.3. The van der Waals surface area contributed by atoms with Gasteiger partial charge in [-0.3, -0.25) is 9.69 Å². The van der Waals surface area contributed by atoms with E-state index in [1.54, 1.807) is 12.3 Å². The molecule has 7 heteroatoms. The van der Waals surface area contributed by atoms with Crippen molar-refractivity contribution in [1.82, 2.24) is 4.90 Å². The van der Waals surface area contributed by atoms with Crippen molar-refractivity contribution in [2.24, 2.45) is 11.1 Å². The van der Waals surface area contributed by atoms with Crippen LogP contribution in [0.3, 0.4) is 0 Å². The van der Waals surface area contributed by atoms with Gasteiger partial charge >= 0.3 is 5.97 Å². The summed E-state index contributed by atoms with van der Waals surface area (Å²) >= 11 is 6.18. The second kappa shape index (κ2) is 9.66. The summed E-state index contributed by atoms with van der Waals surface area (Å²) in [4.78, 5) is 18.6. The molecule has 1 aliphatic rings. The fourth-order valence-electron chi connectivity index (χ4n) is 3.34. The van der Waals surface area contributed by atoms with E-state index >= 15 is 0 Å². The molecule has 0 aromatic heterocycles. The Morgan fingerprint density at radius 3 is 2.93 bits per heavy atom. The van der Waals surface area contributed by atoms with Crippen LogP contribution in [-0.2, 0) is 9.63 Å². The second-order valence-corrected chi connectivity index (χ2v) is 7.16. The third-order valence-corrected chi connectivity index (χ3v) is 5.11. The lowest BCUT2D eigenvalue weighted by atomic mass is 9.98. The number of oxime groups is 1. The molecule has 1 N–H and O–H groups in total. The van der Waals surface area contributed by atoms with Crippen molar-refractivity contribution < 1.29 is 19.1 Å². The number of carboxylic acid groups (broad SMARTS) is 1. The third kappa shape index (κ3) is 5.30. The molecule has 1 unspecified atom stereocenters. The molecular formula is C21H22ClFN2O3. The summed E-state index contributed by atoms with van der Waals surface area (Å²) in [6, 6.07) is 11.8. The number of carboxylic acids is 1. The average Bonchev–Trinajstić information content (AvgIpc) is 2.68. The van der Waals surface area contributed by atoms with Crippen molar-refractivity contribution in [2.45, 2.75) is 12.8 Å². The Bertz CT molecular complexity index is 859. The zero-order chi connectivity index (χ0) is 19.9. The van der Waals surface area contributed by atoms with Crippen molar-refractivity contribution in [3.63, 3.8) is 0 Å². The van der Waals surface area contributed by atoms with E-state index in [1.165, 1.54) is 12.1 Å². The van der Waals surface area contributed by atoms with Crippen LogP contribution in [0.25, 0.3) is 11.1 Å². The van der Waals surface area contributed by atoms with Crippen LogP contribution in [0.15, 0.2) is 47.6 Å². The van der Waals surface area contributed by atoms with Crippen LogP contribution in [0.1, 0.15) is 18.4 Å². The molecule has 1 atom stereocenters. The van der Waals surface area contributed by atoms with Gasteiger partial charge in [-0.05, 0) is 43.1 Å². The number of rotatable bonds is 7. The molecule has 0 spiro atoms. The molecule has 1 saturated heterocycles. The molecule has 0 bridgehead atoms. The van der Waals surface area contributed by atoms with Gasteiger partial charge in [-0.1, -0.05) is 41.0 Å². The molecule has 1 fully saturated rings. The standard InChI is InChI=1S/C21H22ClFN2O3/c22-20-12-17(23)7-8-19(20)18-6-2-1-4-15(18)13-24-28-11-10-25-9-3-5-16(14-25)21(26)27/h1-2,4,6-8,12-13,16H,3,5,9-11,14H2,(H,26,27). The van der Waals surface area contributed by atoms with Crippen LogP contribution < -0.4 is 0 Å². The number of benzene rings is 2. The van der Waals surface area contributed by atoms with Crippen LogP contribution in [0.5, 0.6) is 0 Å². The fraction of sp³-hybridized carbons (Fsp3) is 0.333. The maximum absolute atomic E-state index is 13.3. The number of carbonyl (C=O) groups is 1. The largest absolute Gasteiger partial charge is 0.481 e. The lowest BCUT2D eigenvalue weighted by molar-refractivity contribution is -0.143.